The second kappa shape index (κ2) is 3.40. The summed E-state index contributed by atoms with van der Waals surface area (Å²) in [6, 6.07) is 0. The molecule has 0 radical (unpaired) electrons. The van der Waals surface area contributed by atoms with Crippen molar-refractivity contribution in [3.63, 3.8) is 0 Å². The molecule has 1 aliphatic rings. The van der Waals surface area contributed by atoms with E-state index in [1.54, 1.807) is 0 Å². The Kier molecular flexibility index (Phi) is 2.72. The van der Waals surface area contributed by atoms with E-state index in [2.05, 4.69) is 26.8 Å². The predicted octanol–water partition coefficient (Wildman–Crippen LogP) is 2.36. The molecular formula is C10H18O. The zero-order chi connectivity index (χ0) is 8.43. The molecule has 0 saturated carbocycles. The van der Waals surface area contributed by atoms with Crippen molar-refractivity contribution in [3.8, 4) is 0 Å². The molecule has 0 heterocycles. The van der Waals surface area contributed by atoms with Crippen LogP contribution in [0.1, 0.15) is 33.6 Å². The fourth-order valence-corrected chi connectivity index (χ4v) is 1.78. The molecule has 11 heavy (non-hydrogen) atoms. The Morgan fingerprint density at radius 3 is 2.64 bits per heavy atom. The topological polar surface area (TPSA) is 20.2 Å². The van der Waals surface area contributed by atoms with E-state index in [4.69, 9.17) is 0 Å². The van der Waals surface area contributed by atoms with Gasteiger partial charge in [0.15, 0.2) is 0 Å². The van der Waals surface area contributed by atoms with Crippen LogP contribution in [0.3, 0.4) is 0 Å². The van der Waals surface area contributed by atoms with Crippen LogP contribution in [0.15, 0.2) is 11.6 Å². The first-order valence-electron chi connectivity index (χ1n) is 4.45. The highest BCUT2D eigenvalue weighted by Crippen LogP contribution is 2.29. The molecule has 0 fully saturated rings. The SMILES string of the molecule is CC1=CC[C@@H](C(C)C)C(O)C1. The van der Waals surface area contributed by atoms with Crippen LogP contribution in [0, 0.1) is 11.8 Å². The zero-order valence-corrected chi connectivity index (χ0v) is 7.67. The van der Waals surface area contributed by atoms with Crippen LogP contribution in [-0.2, 0) is 0 Å². The molecule has 0 aromatic rings. The third-order valence-electron chi connectivity index (χ3n) is 2.62. The maximum atomic E-state index is 9.67. The van der Waals surface area contributed by atoms with Crippen molar-refractivity contribution in [1.29, 1.82) is 0 Å². The fraction of sp³-hybridized carbons (Fsp3) is 0.800. The van der Waals surface area contributed by atoms with Crippen LogP contribution in [-0.4, -0.2) is 11.2 Å². The molecule has 64 valence electrons. The molecule has 1 heteroatoms. The number of allylic oxidation sites excluding steroid dienone is 1. The van der Waals surface area contributed by atoms with Crippen LogP contribution in [0.5, 0.6) is 0 Å². The van der Waals surface area contributed by atoms with E-state index in [0.29, 0.717) is 11.8 Å². The Morgan fingerprint density at radius 2 is 2.18 bits per heavy atom. The summed E-state index contributed by atoms with van der Waals surface area (Å²) in [4.78, 5) is 0. The van der Waals surface area contributed by atoms with Gasteiger partial charge in [-0.05, 0) is 31.6 Å². The van der Waals surface area contributed by atoms with Gasteiger partial charge in [0.25, 0.3) is 0 Å². The number of aliphatic hydroxyl groups excluding tert-OH is 1. The van der Waals surface area contributed by atoms with Crippen molar-refractivity contribution in [2.45, 2.75) is 39.7 Å². The molecule has 2 atom stereocenters. The third-order valence-corrected chi connectivity index (χ3v) is 2.62. The molecule has 1 unspecified atom stereocenters. The minimum absolute atomic E-state index is 0.0972. The normalized spacial score (nSPS) is 32.3. The van der Waals surface area contributed by atoms with Gasteiger partial charge in [0.2, 0.25) is 0 Å². The van der Waals surface area contributed by atoms with E-state index in [1.807, 2.05) is 0 Å². The Hall–Kier alpha value is -0.300. The highest BCUT2D eigenvalue weighted by molar-refractivity contribution is 5.06. The quantitative estimate of drug-likeness (QED) is 0.575. The molecule has 0 aliphatic heterocycles. The first-order chi connectivity index (χ1) is 5.11. The Balaban J connectivity index is 2.58. The Bertz CT molecular complexity index is 158. The van der Waals surface area contributed by atoms with Crippen LogP contribution >= 0.6 is 0 Å². The van der Waals surface area contributed by atoms with Crippen LogP contribution in [0.4, 0.5) is 0 Å². The molecule has 1 rings (SSSR count). The van der Waals surface area contributed by atoms with Crippen molar-refractivity contribution in [2.75, 3.05) is 0 Å². The van der Waals surface area contributed by atoms with Crippen molar-refractivity contribution in [3.05, 3.63) is 11.6 Å². The second-order valence-corrected chi connectivity index (χ2v) is 3.97. The van der Waals surface area contributed by atoms with Crippen molar-refractivity contribution in [1.82, 2.24) is 0 Å². The maximum Gasteiger partial charge on any atom is 0.0610 e. The van der Waals surface area contributed by atoms with Gasteiger partial charge in [-0.1, -0.05) is 25.5 Å². The van der Waals surface area contributed by atoms with E-state index in [0.717, 1.165) is 12.8 Å². The lowest BCUT2D eigenvalue weighted by atomic mass is 9.80. The van der Waals surface area contributed by atoms with Gasteiger partial charge in [-0.2, -0.15) is 0 Å². The molecule has 1 nitrogen and oxygen atoms in total. The van der Waals surface area contributed by atoms with Gasteiger partial charge in [0, 0.05) is 0 Å². The summed E-state index contributed by atoms with van der Waals surface area (Å²) in [7, 11) is 0. The van der Waals surface area contributed by atoms with Gasteiger partial charge in [-0.15, -0.1) is 0 Å². The minimum atomic E-state index is -0.0972. The number of hydrogen-bond acceptors (Lipinski definition) is 1. The van der Waals surface area contributed by atoms with Crippen LogP contribution in [0.2, 0.25) is 0 Å². The highest BCUT2D eigenvalue weighted by Gasteiger charge is 2.24. The average Bonchev–Trinajstić information content (AvgIpc) is 1.85. The molecule has 0 saturated heterocycles. The minimum Gasteiger partial charge on any atom is -0.392 e. The predicted molar refractivity (Wildman–Crippen MR) is 47.3 cm³/mol. The van der Waals surface area contributed by atoms with Crippen molar-refractivity contribution in [2.24, 2.45) is 11.8 Å². The fourth-order valence-electron chi connectivity index (χ4n) is 1.78. The smallest absolute Gasteiger partial charge is 0.0610 e. The lowest BCUT2D eigenvalue weighted by molar-refractivity contribution is 0.0768. The molecular weight excluding hydrogens is 136 g/mol. The second-order valence-electron chi connectivity index (χ2n) is 3.97. The summed E-state index contributed by atoms with van der Waals surface area (Å²) >= 11 is 0. The lowest BCUT2D eigenvalue weighted by Crippen LogP contribution is -2.27. The van der Waals surface area contributed by atoms with Gasteiger partial charge < -0.3 is 5.11 Å². The third kappa shape index (κ3) is 2.06. The number of rotatable bonds is 1. The first kappa shape index (κ1) is 8.79. The van der Waals surface area contributed by atoms with Crippen LogP contribution < -0.4 is 0 Å². The summed E-state index contributed by atoms with van der Waals surface area (Å²) < 4.78 is 0. The highest BCUT2D eigenvalue weighted by atomic mass is 16.3. The molecule has 0 spiro atoms. The summed E-state index contributed by atoms with van der Waals surface area (Å²) in [5, 5.41) is 9.67. The summed E-state index contributed by atoms with van der Waals surface area (Å²) in [5.74, 6) is 1.09. The van der Waals surface area contributed by atoms with Gasteiger partial charge in [-0.25, -0.2) is 0 Å². The number of aliphatic hydroxyl groups is 1. The lowest BCUT2D eigenvalue weighted by Gasteiger charge is -2.29. The Labute approximate surface area is 69.1 Å². The van der Waals surface area contributed by atoms with E-state index < -0.39 is 0 Å². The van der Waals surface area contributed by atoms with E-state index in [9.17, 15) is 5.11 Å². The molecule has 0 aromatic heterocycles. The first-order valence-corrected chi connectivity index (χ1v) is 4.45. The molecule has 0 bridgehead atoms. The number of hydrogen-bond donors (Lipinski definition) is 1. The molecule has 1 N–H and O–H groups in total. The Morgan fingerprint density at radius 1 is 1.55 bits per heavy atom. The van der Waals surface area contributed by atoms with Crippen LogP contribution in [0.25, 0.3) is 0 Å². The van der Waals surface area contributed by atoms with Crippen molar-refractivity contribution >= 4 is 0 Å². The van der Waals surface area contributed by atoms with E-state index >= 15 is 0 Å². The summed E-state index contributed by atoms with van der Waals surface area (Å²) in [6.07, 6.45) is 4.10. The van der Waals surface area contributed by atoms with Crippen molar-refractivity contribution < 1.29 is 5.11 Å². The van der Waals surface area contributed by atoms with Gasteiger partial charge in [0.05, 0.1) is 6.10 Å². The summed E-state index contributed by atoms with van der Waals surface area (Å²) in [5.41, 5.74) is 1.34. The van der Waals surface area contributed by atoms with Gasteiger partial charge in [0.1, 0.15) is 0 Å². The van der Waals surface area contributed by atoms with E-state index in [1.165, 1.54) is 5.57 Å². The largest absolute Gasteiger partial charge is 0.392 e. The van der Waals surface area contributed by atoms with Gasteiger partial charge >= 0.3 is 0 Å². The average molecular weight is 154 g/mol. The van der Waals surface area contributed by atoms with E-state index in [-0.39, 0.29) is 6.10 Å². The molecule has 0 aromatic carbocycles. The standard InChI is InChI=1S/C10H18O/c1-7(2)9-5-4-8(3)6-10(9)11/h4,7,9-11H,5-6H2,1-3H3/t9-,10?/m0/s1. The summed E-state index contributed by atoms with van der Waals surface area (Å²) in [6.45, 7) is 6.46. The molecule has 0 amide bonds. The zero-order valence-electron chi connectivity index (χ0n) is 7.67. The molecule has 1 aliphatic carbocycles. The monoisotopic (exact) mass is 154 g/mol. The van der Waals surface area contributed by atoms with Gasteiger partial charge in [-0.3, -0.25) is 0 Å². The maximum absolute atomic E-state index is 9.67.